The first-order valence-electron chi connectivity index (χ1n) is 10.3. The van der Waals surface area contributed by atoms with Crippen molar-refractivity contribution in [1.29, 1.82) is 0 Å². The molecule has 4 heteroatoms. The summed E-state index contributed by atoms with van der Waals surface area (Å²) in [6, 6.07) is 22.1. The van der Waals surface area contributed by atoms with E-state index < -0.39 is 0 Å². The molecule has 2 fully saturated rings. The number of hydrogen-bond donors (Lipinski definition) is 2. The van der Waals surface area contributed by atoms with Crippen molar-refractivity contribution in [2.45, 2.75) is 31.1 Å². The van der Waals surface area contributed by atoms with E-state index in [1.165, 1.54) is 5.56 Å². The standard InChI is InChI=1S/C25H24N2O2/c28-23(17-10-11-17)27-22-15-19-7-5-4-6-18(19)14-21(22)24(29)26-16-25(12-13-25)20-8-2-1-3-9-20/h1-9,14-15,17H,10-13,16H2,(H,26,29)(H,27,28). The third kappa shape index (κ3) is 3.63. The summed E-state index contributed by atoms with van der Waals surface area (Å²) in [4.78, 5) is 25.5. The largest absolute Gasteiger partial charge is 0.351 e. The van der Waals surface area contributed by atoms with Crippen molar-refractivity contribution >= 4 is 28.3 Å². The minimum Gasteiger partial charge on any atom is -0.351 e. The molecule has 5 rings (SSSR count). The summed E-state index contributed by atoms with van der Waals surface area (Å²) >= 11 is 0. The van der Waals surface area contributed by atoms with Crippen molar-refractivity contribution < 1.29 is 9.59 Å². The fourth-order valence-electron chi connectivity index (χ4n) is 3.97. The molecule has 0 heterocycles. The first kappa shape index (κ1) is 17.9. The van der Waals surface area contributed by atoms with E-state index in [-0.39, 0.29) is 23.1 Å². The van der Waals surface area contributed by atoms with Crippen LogP contribution in [-0.4, -0.2) is 18.4 Å². The predicted molar refractivity (Wildman–Crippen MR) is 115 cm³/mol. The van der Waals surface area contributed by atoms with Crippen LogP contribution in [0, 0.1) is 5.92 Å². The van der Waals surface area contributed by atoms with Crippen LogP contribution in [-0.2, 0) is 10.2 Å². The Labute approximate surface area is 170 Å². The van der Waals surface area contributed by atoms with Crippen LogP contribution in [0.1, 0.15) is 41.6 Å². The van der Waals surface area contributed by atoms with Gasteiger partial charge >= 0.3 is 0 Å². The summed E-state index contributed by atoms with van der Waals surface area (Å²) in [6.45, 7) is 0.610. The molecular formula is C25H24N2O2. The van der Waals surface area contributed by atoms with Gasteiger partial charge in [-0.1, -0.05) is 54.6 Å². The molecule has 0 aromatic heterocycles. The van der Waals surface area contributed by atoms with Crippen molar-refractivity contribution in [3.63, 3.8) is 0 Å². The zero-order valence-electron chi connectivity index (χ0n) is 16.3. The molecule has 0 atom stereocenters. The average Bonchev–Trinajstić information content (AvgIpc) is 3.66. The lowest BCUT2D eigenvalue weighted by atomic mass is 9.96. The summed E-state index contributed by atoms with van der Waals surface area (Å²) in [5.41, 5.74) is 2.45. The lowest BCUT2D eigenvalue weighted by molar-refractivity contribution is -0.117. The van der Waals surface area contributed by atoms with E-state index in [9.17, 15) is 9.59 Å². The highest BCUT2D eigenvalue weighted by molar-refractivity contribution is 6.08. The van der Waals surface area contributed by atoms with Gasteiger partial charge in [-0.15, -0.1) is 0 Å². The highest BCUT2D eigenvalue weighted by atomic mass is 16.2. The Morgan fingerprint density at radius 3 is 2.21 bits per heavy atom. The fourth-order valence-corrected chi connectivity index (χ4v) is 3.97. The van der Waals surface area contributed by atoms with Crippen LogP contribution in [0.4, 0.5) is 5.69 Å². The molecule has 146 valence electrons. The third-order valence-corrected chi connectivity index (χ3v) is 6.16. The lowest BCUT2D eigenvalue weighted by Crippen LogP contribution is -2.33. The zero-order valence-corrected chi connectivity index (χ0v) is 16.3. The summed E-state index contributed by atoms with van der Waals surface area (Å²) < 4.78 is 0. The molecule has 29 heavy (non-hydrogen) atoms. The van der Waals surface area contributed by atoms with Crippen LogP contribution in [0.25, 0.3) is 10.8 Å². The molecule has 4 nitrogen and oxygen atoms in total. The summed E-state index contributed by atoms with van der Waals surface area (Å²) in [5, 5.41) is 8.13. The summed E-state index contributed by atoms with van der Waals surface area (Å²) in [5.74, 6) is -0.0356. The Hall–Kier alpha value is -3.14. The van der Waals surface area contributed by atoms with Gasteiger partial charge in [-0.05, 0) is 54.2 Å². The SMILES string of the molecule is O=C(NCC1(c2ccccc2)CC1)c1cc2ccccc2cc1NC(=O)C1CC1. The van der Waals surface area contributed by atoms with Crippen molar-refractivity contribution in [3.05, 3.63) is 77.9 Å². The molecule has 0 unspecified atom stereocenters. The average molecular weight is 384 g/mol. The van der Waals surface area contributed by atoms with Crippen molar-refractivity contribution in [2.75, 3.05) is 11.9 Å². The maximum atomic E-state index is 13.1. The predicted octanol–water partition coefficient (Wildman–Crippen LogP) is 4.65. The van der Waals surface area contributed by atoms with Gasteiger partial charge in [0, 0.05) is 17.9 Å². The van der Waals surface area contributed by atoms with Gasteiger partial charge in [-0.3, -0.25) is 9.59 Å². The van der Waals surface area contributed by atoms with Crippen molar-refractivity contribution in [3.8, 4) is 0 Å². The number of carbonyl (C=O) groups is 2. The zero-order chi connectivity index (χ0) is 19.8. The van der Waals surface area contributed by atoms with Gasteiger partial charge < -0.3 is 10.6 Å². The van der Waals surface area contributed by atoms with E-state index in [4.69, 9.17) is 0 Å². The Bertz CT molecular complexity index is 1080. The van der Waals surface area contributed by atoms with E-state index in [1.54, 1.807) is 0 Å². The number of benzene rings is 3. The van der Waals surface area contributed by atoms with E-state index in [1.807, 2.05) is 54.6 Å². The van der Waals surface area contributed by atoms with Crippen LogP contribution in [0.2, 0.25) is 0 Å². The minimum atomic E-state index is -0.135. The number of rotatable bonds is 6. The molecule has 0 spiro atoms. The molecule has 2 N–H and O–H groups in total. The van der Waals surface area contributed by atoms with Gasteiger partial charge in [0.2, 0.25) is 5.91 Å². The Morgan fingerprint density at radius 1 is 0.897 bits per heavy atom. The van der Waals surface area contributed by atoms with Crippen LogP contribution < -0.4 is 10.6 Å². The third-order valence-electron chi connectivity index (χ3n) is 6.16. The Balaban J connectivity index is 1.40. The number of amides is 2. The second-order valence-electron chi connectivity index (χ2n) is 8.34. The van der Waals surface area contributed by atoms with Crippen molar-refractivity contribution in [2.24, 2.45) is 5.92 Å². The quantitative estimate of drug-likeness (QED) is 0.650. The molecule has 0 saturated heterocycles. The second-order valence-corrected chi connectivity index (χ2v) is 8.34. The maximum absolute atomic E-state index is 13.1. The molecule has 2 aliphatic rings. The molecule has 2 aliphatic carbocycles. The number of hydrogen-bond acceptors (Lipinski definition) is 2. The number of nitrogens with one attached hydrogen (secondary N) is 2. The highest BCUT2D eigenvalue weighted by Crippen LogP contribution is 2.47. The van der Waals surface area contributed by atoms with E-state index in [0.29, 0.717) is 17.8 Å². The second kappa shape index (κ2) is 7.03. The monoisotopic (exact) mass is 384 g/mol. The number of carbonyl (C=O) groups excluding carboxylic acids is 2. The molecule has 0 radical (unpaired) electrons. The van der Waals surface area contributed by atoms with Gasteiger partial charge in [-0.2, -0.15) is 0 Å². The highest BCUT2D eigenvalue weighted by Gasteiger charge is 2.44. The van der Waals surface area contributed by atoms with Crippen LogP contribution in [0.5, 0.6) is 0 Å². The van der Waals surface area contributed by atoms with Crippen LogP contribution >= 0.6 is 0 Å². The molecule has 3 aromatic rings. The summed E-state index contributed by atoms with van der Waals surface area (Å²) in [7, 11) is 0. The van der Waals surface area contributed by atoms with Crippen LogP contribution in [0.15, 0.2) is 66.7 Å². The fraction of sp³-hybridized carbons (Fsp3) is 0.280. The van der Waals surface area contributed by atoms with Gasteiger partial charge in [0.1, 0.15) is 0 Å². The van der Waals surface area contributed by atoms with Gasteiger partial charge in [-0.25, -0.2) is 0 Å². The van der Waals surface area contributed by atoms with Crippen LogP contribution in [0.3, 0.4) is 0 Å². The molecule has 0 bridgehead atoms. The van der Waals surface area contributed by atoms with E-state index >= 15 is 0 Å². The molecular weight excluding hydrogens is 360 g/mol. The van der Waals surface area contributed by atoms with Crippen molar-refractivity contribution in [1.82, 2.24) is 5.32 Å². The first-order valence-corrected chi connectivity index (χ1v) is 10.3. The maximum Gasteiger partial charge on any atom is 0.253 e. The summed E-state index contributed by atoms with van der Waals surface area (Å²) in [6.07, 6.45) is 4.03. The Kier molecular flexibility index (Phi) is 4.35. The lowest BCUT2D eigenvalue weighted by Gasteiger charge is -2.18. The van der Waals surface area contributed by atoms with E-state index in [0.717, 1.165) is 36.5 Å². The first-order chi connectivity index (χ1) is 14.1. The molecule has 0 aliphatic heterocycles. The molecule has 2 amide bonds. The van der Waals surface area contributed by atoms with Gasteiger partial charge in [0.05, 0.1) is 11.3 Å². The normalized spacial score (nSPS) is 17.0. The smallest absolute Gasteiger partial charge is 0.253 e. The van der Waals surface area contributed by atoms with E-state index in [2.05, 4.69) is 22.8 Å². The van der Waals surface area contributed by atoms with Gasteiger partial charge in [0.15, 0.2) is 0 Å². The molecule has 2 saturated carbocycles. The Morgan fingerprint density at radius 2 is 1.55 bits per heavy atom. The minimum absolute atomic E-state index is 0.0114. The molecule has 3 aromatic carbocycles. The van der Waals surface area contributed by atoms with Gasteiger partial charge in [0.25, 0.3) is 5.91 Å². The number of fused-ring (bicyclic) bond motifs is 1. The topological polar surface area (TPSA) is 58.2 Å². The number of anilines is 1.